The molecule has 1 saturated heterocycles. The summed E-state index contributed by atoms with van der Waals surface area (Å²) >= 11 is 0. The summed E-state index contributed by atoms with van der Waals surface area (Å²) in [5.41, 5.74) is 1.12. The van der Waals surface area contributed by atoms with Gasteiger partial charge in [-0.15, -0.1) is 0 Å². The fraction of sp³-hybridized carbons (Fsp3) is 0.500. The van der Waals surface area contributed by atoms with E-state index in [0.29, 0.717) is 18.4 Å². The SMILES string of the molecule is COc1cc(C(O)C(CO)Oc2ccc(CCCO)cc2O)ccc1O[C@@H]1OC[C@@H](O)[C@H](O)[C@H]1O. The van der Waals surface area contributed by atoms with Crippen molar-refractivity contribution >= 4 is 0 Å². The lowest BCUT2D eigenvalue weighted by atomic mass is 10.0. The van der Waals surface area contributed by atoms with E-state index in [1.165, 1.54) is 37.4 Å². The van der Waals surface area contributed by atoms with Gasteiger partial charge in [-0.25, -0.2) is 0 Å². The van der Waals surface area contributed by atoms with Crippen molar-refractivity contribution in [3.63, 3.8) is 0 Å². The first-order valence-electron chi connectivity index (χ1n) is 11.2. The second kappa shape index (κ2) is 12.4. The highest BCUT2D eigenvalue weighted by atomic mass is 16.7. The molecule has 1 aliphatic rings. The lowest BCUT2D eigenvalue weighted by Crippen LogP contribution is -2.54. The number of phenolic OH excluding ortho intramolecular Hbond substituents is 1. The molecule has 3 rings (SSSR count). The highest BCUT2D eigenvalue weighted by molar-refractivity contribution is 5.45. The average molecular weight is 497 g/mol. The number of aromatic hydroxyl groups is 1. The zero-order valence-electron chi connectivity index (χ0n) is 19.2. The van der Waals surface area contributed by atoms with Crippen LogP contribution >= 0.6 is 0 Å². The minimum absolute atomic E-state index is 0.0322. The summed E-state index contributed by atoms with van der Waals surface area (Å²) in [5.74, 6) is 0.233. The Morgan fingerprint density at radius 1 is 1.00 bits per heavy atom. The van der Waals surface area contributed by atoms with Crippen molar-refractivity contribution in [1.82, 2.24) is 0 Å². The van der Waals surface area contributed by atoms with Crippen LogP contribution in [0.3, 0.4) is 0 Å². The Kier molecular flexibility index (Phi) is 9.52. The Bertz CT molecular complexity index is 953. The molecule has 1 aliphatic heterocycles. The van der Waals surface area contributed by atoms with Gasteiger partial charge in [0.05, 0.1) is 20.3 Å². The zero-order valence-corrected chi connectivity index (χ0v) is 19.2. The van der Waals surface area contributed by atoms with Crippen LogP contribution in [0.2, 0.25) is 0 Å². The number of aliphatic hydroxyl groups excluding tert-OH is 6. The highest BCUT2D eigenvalue weighted by Gasteiger charge is 2.39. The summed E-state index contributed by atoms with van der Waals surface area (Å²) in [6.07, 6.45) is -6.75. The van der Waals surface area contributed by atoms with Gasteiger partial charge >= 0.3 is 0 Å². The second-order valence-corrected chi connectivity index (χ2v) is 8.19. The van der Waals surface area contributed by atoms with Gasteiger partial charge in [0.15, 0.2) is 29.1 Å². The van der Waals surface area contributed by atoms with Crippen LogP contribution in [0.25, 0.3) is 0 Å². The van der Waals surface area contributed by atoms with E-state index in [2.05, 4.69) is 0 Å². The summed E-state index contributed by atoms with van der Waals surface area (Å²) in [7, 11) is 1.37. The summed E-state index contributed by atoms with van der Waals surface area (Å²) in [6, 6.07) is 9.14. The Labute approximate surface area is 202 Å². The van der Waals surface area contributed by atoms with Crippen molar-refractivity contribution in [1.29, 1.82) is 0 Å². The first kappa shape index (κ1) is 27.0. The number of aryl methyl sites for hydroxylation is 1. The molecule has 0 bridgehead atoms. The normalized spacial score (nSPS) is 24.0. The van der Waals surface area contributed by atoms with Crippen molar-refractivity contribution in [2.75, 3.05) is 26.9 Å². The van der Waals surface area contributed by atoms with E-state index in [-0.39, 0.29) is 36.2 Å². The van der Waals surface area contributed by atoms with Crippen LogP contribution in [0.15, 0.2) is 36.4 Å². The Morgan fingerprint density at radius 2 is 1.74 bits per heavy atom. The molecule has 194 valence electrons. The number of rotatable bonds is 11. The first-order valence-corrected chi connectivity index (χ1v) is 11.2. The van der Waals surface area contributed by atoms with Gasteiger partial charge in [0.2, 0.25) is 6.29 Å². The number of benzene rings is 2. The van der Waals surface area contributed by atoms with Crippen LogP contribution < -0.4 is 14.2 Å². The summed E-state index contributed by atoms with van der Waals surface area (Å²) in [6.45, 7) is -0.757. The third-order valence-electron chi connectivity index (χ3n) is 5.68. The summed E-state index contributed by atoms with van der Waals surface area (Å²) in [4.78, 5) is 0. The van der Waals surface area contributed by atoms with Crippen molar-refractivity contribution < 1.29 is 54.7 Å². The molecular formula is C24H32O11. The molecule has 2 aromatic rings. The molecule has 1 fully saturated rings. The maximum absolute atomic E-state index is 10.8. The number of aliphatic hydroxyl groups is 6. The van der Waals surface area contributed by atoms with Crippen molar-refractivity contribution in [2.45, 2.75) is 49.7 Å². The molecule has 0 aliphatic carbocycles. The Morgan fingerprint density at radius 3 is 2.40 bits per heavy atom. The van der Waals surface area contributed by atoms with Crippen LogP contribution in [0.4, 0.5) is 0 Å². The number of hydrogen-bond acceptors (Lipinski definition) is 11. The number of phenols is 1. The average Bonchev–Trinajstić information content (AvgIpc) is 2.87. The molecule has 0 amide bonds. The molecule has 6 atom stereocenters. The van der Waals surface area contributed by atoms with E-state index >= 15 is 0 Å². The van der Waals surface area contributed by atoms with E-state index < -0.39 is 43.4 Å². The fourth-order valence-corrected chi connectivity index (χ4v) is 3.65. The molecule has 2 aromatic carbocycles. The van der Waals surface area contributed by atoms with Gasteiger partial charge in [-0.3, -0.25) is 0 Å². The van der Waals surface area contributed by atoms with Crippen LogP contribution in [0.1, 0.15) is 23.7 Å². The zero-order chi connectivity index (χ0) is 25.5. The lowest BCUT2D eigenvalue weighted by molar-refractivity contribution is -0.242. The monoisotopic (exact) mass is 496 g/mol. The Balaban J connectivity index is 1.72. The molecule has 1 heterocycles. The topological polar surface area (TPSA) is 179 Å². The summed E-state index contributed by atoms with van der Waals surface area (Å²) in [5, 5.41) is 69.3. The van der Waals surface area contributed by atoms with Crippen molar-refractivity contribution in [2.24, 2.45) is 0 Å². The van der Waals surface area contributed by atoms with Crippen LogP contribution in [0, 0.1) is 0 Å². The van der Waals surface area contributed by atoms with Gasteiger partial charge in [-0.2, -0.15) is 0 Å². The quantitative estimate of drug-likeness (QED) is 0.216. The number of hydrogen-bond donors (Lipinski definition) is 7. The molecular weight excluding hydrogens is 464 g/mol. The molecule has 2 unspecified atom stereocenters. The van der Waals surface area contributed by atoms with E-state index in [0.717, 1.165) is 5.56 Å². The Hall–Kier alpha value is -2.64. The van der Waals surface area contributed by atoms with Crippen LogP contribution in [-0.4, -0.2) is 93.4 Å². The van der Waals surface area contributed by atoms with E-state index in [9.17, 15) is 30.6 Å². The van der Waals surface area contributed by atoms with Gasteiger partial charge in [-0.1, -0.05) is 12.1 Å². The van der Waals surface area contributed by atoms with E-state index in [4.69, 9.17) is 24.1 Å². The smallest absolute Gasteiger partial charge is 0.229 e. The van der Waals surface area contributed by atoms with Gasteiger partial charge in [0.1, 0.15) is 24.4 Å². The molecule has 0 aromatic heterocycles. The number of methoxy groups -OCH3 is 1. The maximum atomic E-state index is 10.8. The number of ether oxygens (including phenoxy) is 4. The minimum atomic E-state index is -1.50. The van der Waals surface area contributed by atoms with Gasteiger partial charge in [0.25, 0.3) is 0 Å². The molecule has 35 heavy (non-hydrogen) atoms. The second-order valence-electron chi connectivity index (χ2n) is 8.19. The van der Waals surface area contributed by atoms with Gasteiger partial charge < -0.3 is 54.7 Å². The van der Waals surface area contributed by atoms with E-state index in [1.807, 2.05) is 0 Å². The molecule has 7 N–H and O–H groups in total. The fourth-order valence-electron chi connectivity index (χ4n) is 3.65. The molecule has 11 heteroatoms. The standard InChI is InChI=1S/C24H32O11/c1-32-19-10-14(5-7-18(19)35-24-23(31)22(30)16(28)12-33-24)21(29)20(11-26)34-17-6-4-13(3-2-8-25)9-15(17)27/h4-7,9-10,16,20-31H,2-3,8,11-12H2,1H3/t16-,20?,21?,22+,23-,24+/m1/s1. The molecule has 0 spiro atoms. The third-order valence-corrected chi connectivity index (χ3v) is 5.68. The van der Waals surface area contributed by atoms with Crippen LogP contribution in [-0.2, 0) is 11.2 Å². The predicted octanol–water partition coefficient (Wildman–Crippen LogP) is -0.383. The molecule has 11 nitrogen and oxygen atoms in total. The van der Waals surface area contributed by atoms with Crippen LogP contribution in [0.5, 0.6) is 23.0 Å². The van der Waals surface area contributed by atoms with Crippen molar-refractivity contribution in [3.8, 4) is 23.0 Å². The third kappa shape index (κ3) is 6.53. The molecule has 0 radical (unpaired) electrons. The lowest BCUT2D eigenvalue weighted by Gasteiger charge is -2.35. The van der Waals surface area contributed by atoms with Gasteiger partial charge in [-0.05, 0) is 48.2 Å². The largest absolute Gasteiger partial charge is 0.504 e. The molecule has 0 saturated carbocycles. The predicted molar refractivity (Wildman–Crippen MR) is 121 cm³/mol. The van der Waals surface area contributed by atoms with Crippen molar-refractivity contribution in [3.05, 3.63) is 47.5 Å². The van der Waals surface area contributed by atoms with E-state index in [1.54, 1.807) is 6.07 Å². The first-order chi connectivity index (χ1) is 16.8. The maximum Gasteiger partial charge on any atom is 0.229 e. The minimum Gasteiger partial charge on any atom is -0.504 e. The highest BCUT2D eigenvalue weighted by Crippen LogP contribution is 2.35. The van der Waals surface area contributed by atoms with Gasteiger partial charge in [0, 0.05) is 6.61 Å². The summed E-state index contributed by atoms with van der Waals surface area (Å²) < 4.78 is 21.8.